The molecule has 4 aromatic carbocycles. The van der Waals surface area contributed by atoms with E-state index in [0.717, 1.165) is 44.8 Å². The fourth-order valence-electron chi connectivity index (χ4n) is 5.13. The molecular formula is C34H31N3O2S. The molecule has 40 heavy (non-hydrogen) atoms. The summed E-state index contributed by atoms with van der Waals surface area (Å²) in [7, 11) is 1.67. The average Bonchev–Trinajstić information content (AvgIpc) is 3.56. The molecule has 5 nitrogen and oxygen atoms in total. The summed E-state index contributed by atoms with van der Waals surface area (Å²) in [6.07, 6.45) is 2.73. The third-order valence-corrected chi connectivity index (χ3v) is 8.19. The fourth-order valence-corrected chi connectivity index (χ4v) is 5.87. The lowest BCUT2D eigenvalue weighted by molar-refractivity contribution is 0.267. The predicted octanol–water partition coefficient (Wildman–Crippen LogP) is 8.60. The number of aliphatic imine (C=N–C) groups is 1. The number of rotatable bonds is 4. The van der Waals surface area contributed by atoms with Crippen LogP contribution in [0.25, 0.3) is 16.8 Å². The van der Waals surface area contributed by atoms with Crippen LogP contribution in [0.15, 0.2) is 106 Å². The van der Waals surface area contributed by atoms with E-state index < -0.39 is 0 Å². The Hall–Kier alpha value is -4.16. The van der Waals surface area contributed by atoms with Crippen LogP contribution >= 0.6 is 11.8 Å². The van der Waals surface area contributed by atoms with Gasteiger partial charge in [-0.25, -0.2) is 5.01 Å². The summed E-state index contributed by atoms with van der Waals surface area (Å²) in [5.41, 5.74) is 5.49. The van der Waals surface area contributed by atoms with E-state index in [1.165, 1.54) is 16.3 Å². The van der Waals surface area contributed by atoms with Gasteiger partial charge in [0.05, 0.1) is 23.8 Å². The van der Waals surface area contributed by atoms with Crippen molar-refractivity contribution in [2.45, 2.75) is 38.6 Å². The molecule has 0 fully saturated rings. The minimum atomic E-state index is -0.226. The highest BCUT2D eigenvalue weighted by Crippen LogP contribution is 2.40. The Labute approximate surface area is 239 Å². The zero-order valence-electron chi connectivity index (χ0n) is 23.1. The van der Waals surface area contributed by atoms with E-state index in [1.807, 2.05) is 29.3 Å². The Kier molecular flexibility index (Phi) is 6.80. The van der Waals surface area contributed by atoms with Crippen LogP contribution in [0, 0.1) is 0 Å². The number of carbonyl (C=O) groups excluding carboxylic acids is 1. The van der Waals surface area contributed by atoms with Gasteiger partial charge in [-0.3, -0.25) is 4.79 Å². The molecule has 0 saturated heterocycles. The van der Waals surface area contributed by atoms with E-state index in [0.29, 0.717) is 12.3 Å². The first-order chi connectivity index (χ1) is 19.3. The number of amidine groups is 1. The highest BCUT2D eigenvalue weighted by atomic mass is 32.2. The number of fused-ring (bicyclic) bond motifs is 1. The third-order valence-electron chi connectivity index (χ3n) is 7.40. The lowest BCUT2D eigenvalue weighted by atomic mass is 9.87. The first-order valence-corrected chi connectivity index (χ1v) is 14.2. The number of thioether (sulfide) groups is 1. The topological polar surface area (TPSA) is 54.3 Å². The van der Waals surface area contributed by atoms with Crippen molar-refractivity contribution < 1.29 is 9.53 Å². The summed E-state index contributed by atoms with van der Waals surface area (Å²) < 4.78 is 5.39. The van der Waals surface area contributed by atoms with Crippen molar-refractivity contribution in [3.63, 3.8) is 0 Å². The van der Waals surface area contributed by atoms with Gasteiger partial charge in [-0.2, -0.15) is 10.1 Å². The largest absolute Gasteiger partial charge is 0.497 e. The van der Waals surface area contributed by atoms with Crippen LogP contribution in [0.3, 0.4) is 0 Å². The van der Waals surface area contributed by atoms with Crippen molar-refractivity contribution >= 4 is 45.4 Å². The number of nitrogens with zero attached hydrogens (tertiary/aromatic N) is 3. The second kappa shape index (κ2) is 10.4. The molecule has 6 rings (SSSR count). The van der Waals surface area contributed by atoms with Crippen molar-refractivity contribution in [1.29, 1.82) is 0 Å². The molecule has 2 heterocycles. The second-order valence-corrected chi connectivity index (χ2v) is 12.1. The van der Waals surface area contributed by atoms with E-state index in [4.69, 9.17) is 9.84 Å². The summed E-state index contributed by atoms with van der Waals surface area (Å²) in [5.74, 6) is 1.39. The maximum atomic E-state index is 12.7. The molecule has 6 heteroatoms. The summed E-state index contributed by atoms with van der Waals surface area (Å²) in [6, 6.07) is 31.2. The molecule has 0 saturated carbocycles. The van der Waals surface area contributed by atoms with Crippen LogP contribution < -0.4 is 4.74 Å². The Morgan fingerprint density at radius 3 is 2.35 bits per heavy atom. The van der Waals surface area contributed by atoms with Crippen LogP contribution in [0.2, 0.25) is 0 Å². The number of hydrazone groups is 1. The molecule has 0 spiro atoms. The molecule has 4 aromatic rings. The maximum absolute atomic E-state index is 12.7. The highest BCUT2D eigenvalue weighted by Gasteiger charge is 2.37. The monoisotopic (exact) mass is 545 g/mol. The van der Waals surface area contributed by atoms with Gasteiger partial charge in [-0.05, 0) is 74.5 Å². The average molecular weight is 546 g/mol. The molecule has 1 atom stereocenters. The van der Waals surface area contributed by atoms with Crippen molar-refractivity contribution in [2.24, 2.45) is 10.1 Å². The summed E-state index contributed by atoms with van der Waals surface area (Å²) in [4.78, 5) is 17.9. The van der Waals surface area contributed by atoms with E-state index in [1.54, 1.807) is 7.11 Å². The minimum absolute atomic E-state index is 0.0748. The van der Waals surface area contributed by atoms with Gasteiger partial charge in [0.2, 0.25) is 0 Å². The van der Waals surface area contributed by atoms with Gasteiger partial charge in [0.25, 0.3) is 0 Å². The molecular weight excluding hydrogens is 514 g/mol. The predicted molar refractivity (Wildman–Crippen MR) is 166 cm³/mol. The van der Waals surface area contributed by atoms with Crippen molar-refractivity contribution in [3.8, 4) is 5.75 Å². The fraction of sp³-hybridized carbons (Fsp3) is 0.206. The quantitative estimate of drug-likeness (QED) is 0.258. The SMILES string of the molecule is COc1ccc(C2CC(c3ccc4ccccc4c3)=NN2C2=NC(=O)S/C2=C\c2ccc(C(C)(C)C)cc2)cc1. The van der Waals surface area contributed by atoms with Crippen molar-refractivity contribution in [3.05, 3.63) is 118 Å². The van der Waals surface area contributed by atoms with Gasteiger partial charge in [0.1, 0.15) is 5.75 Å². The molecule has 0 bridgehead atoms. The number of carbonyl (C=O) groups is 1. The van der Waals surface area contributed by atoms with Crippen molar-refractivity contribution in [1.82, 2.24) is 5.01 Å². The van der Waals surface area contributed by atoms with E-state index in [-0.39, 0.29) is 16.7 Å². The van der Waals surface area contributed by atoms with Gasteiger partial charge >= 0.3 is 5.24 Å². The van der Waals surface area contributed by atoms with E-state index in [9.17, 15) is 4.79 Å². The Balaban J connectivity index is 1.40. The molecule has 0 aromatic heterocycles. The number of methoxy groups -OCH3 is 1. The Bertz CT molecular complexity index is 1680. The molecule has 0 aliphatic carbocycles. The van der Waals surface area contributed by atoms with Gasteiger partial charge in [-0.15, -0.1) is 0 Å². The molecule has 2 aliphatic heterocycles. The van der Waals surface area contributed by atoms with E-state index in [2.05, 4.69) is 98.6 Å². The molecule has 0 N–H and O–H groups in total. The summed E-state index contributed by atoms with van der Waals surface area (Å²) >= 11 is 1.15. The number of hydrogen-bond donors (Lipinski definition) is 0. The molecule has 2 aliphatic rings. The number of benzene rings is 4. The highest BCUT2D eigenvalue weighted by molar-refractivity contribution is 8.18. The third kappa shape index (κ3) is 5.19. The normalized spacial score (nSPS) is 18.4. The van der Waals surface area contributed by atoms with Gasteiger partial charge < -0.3 is 4.74 Å². The second-order valence-electron chi connectivity index (χ2n) is 11.1. The molecule has 200 valence electrons. The van der Waals surface area contributed by atoms with Crippen molar-refractivity contribution in [2.75, 3.05) is 7.11 Å². The standard InChI is InChI=1S/C34H31N3O2S/c1-34(2,3)27-15-9-22(10-16-27)19-31-32(35-33(38)40-31)37-30(24-13-17-28(39-4)18-14-24)21-29(36-37)26-12-11-23-7-5-6-8-25(23)20-26/h5-20,30H,21H2,1-4H3/b31-19-. The van der Waals surface area contributed by atoms with Crippen LogP contribution in [-0.4, -0.2) is 28.9 Å². The zero-order chi connectivity index (χ0) is 27.9. The first-order valence-electron chi connectivity index (χ1n) is 13.4. The van der Waals surface area contributed by atoms with Crippen LogP contribution in [0.4, 0.5) is 4.79 Å². The van der Waals surface area contributed by atoms with Gasteiger partial charge in [-0.1, -0.05) is 93.6 Å². The molecule has 0 radical (unpaired) electrons. The summed E-state index contributed by atoms with van der Waals surface area (Å²) in [6.45, 7) is 6.61. The lowest BCUT2D eigenvalue weighted by Crippen LogP contribution is -2.26. The Morgan fingerprint density at radius 2 is 1.65 bits per heavy atom. The van der Waals surface area contributed by atoms with Crippen LogP contribution in [0.1, 0.15) is 55.5 Å². The smallest absolute Gasteiger partial charge is 0.311 e. The zero-order valence-corrected chi connectivity index (χ0v) is 23.9. The number of hydrogen-bond acceptors (Lipinski definition) is 5. The van der Waals surface area contributed by atoms with Gasteiger partial charge in [0.15, 0.2) is 5.84 Å². The van der Waals surface area contributed by atoms with Gasteiger partial charge in [0, 0.05) is 6.42 Å². The maximum Gasteiger partial charge on any atom is 0.311 e. The molecule has 1 amide bonds. The number of ether oxygens (including phenoxy) is 1. The number of amides is 1. The van der Waals surface area contributed by atoms with E-state index >= 15 is 0 Å². The van der Waals surface area contributed by atoms with Crippen LogP contribution in [0.5, 0.6) is 5.75 Å². The summed E-state index contributed by atoms with van der Waals surface area (Å²) in [5, 5.41) is 9.17. The molecule has 1 unspecified atom stereocenters. The lowest BCUT2D eigenvalue weighted by Gasteiger charge is -2.24. The minimum Gasteiger partial charge on any atom is -0.497 e. The van der Waals surface area contributed by atoms with Crippen LogP contribution in [-0.2, 0) is 5.41 Å². The Morgan fingerprint density at radius 1 is 0.925 bits per heavy atom. The first kappa shape index (κ1) is 26.1.